The summed E-state index contributed by atoms with van der Waals surface area (Å²) in [5, 5.41) is 0. The maximum absolute atomic E-state index is 12.0. The molecule has 1 aromatic heterocycles. The van der Waals surface area contributed by atoms with Gasteiger partial charge in [0.15, 0.2) is 5.76 Å². The number of furan rings is 1. The third-order valence-corrected chi connectivity index (χ3v) is 3.64. The normalized spacial score (nSPS) is 29.1. The molecule has 4 heteroatoms. The molecule has 2 aliphatic rings. The number of carbonyl (C=O) groups is 1. The van der Waals surface area contributed by atoms with Gasteiger partial charge >= 0.3 is 0 Å². The summed E-state index contributed by atoms with van der Waals surface area (Å²) in [4.78, 5) is 13.9. The van der Waals surface area contributed by atoms with E-state index >= 15 is 0 Å². The zero-order valence-corrected chi connectivity index (χ0v) is 9.15. The van der Waals surface area contributed by atoms with Gasteiger partial charge in [0.05, 0.1) is 12.9 Å². The van der Waals surface area contributed by atoms with Crippen molar-refractivity contribution >= 4 is 5.91 Å². The Morgan fingerprint density at radius 3 is 3.06 bits per heavy atom. The van der Waals surface area contributed by atoms with E-state index in [1.165, 1.54) is 6.26 Å². The Kier molecular flexibility index (Phi) is 2.24. The zero-order valence-electron chi connectivity index (χ0n) is 9.15. The molecule has 2 aliphatic heterocycles. The van der Waals surface area contributed by atoms with Crippen LogP contribution >= 0.6 is 0 Å². The molecule has 2 fully saturated rings. The number of hydrogen-bond donors (Lipinski definition) is 0. The predicted molar refractivity (Wildman–Crippen MR) is 57.1 cm³/mol. The zero-order chi connectivity index (χ0) is 11.0. The van der Waals surface area contributed by atoms with Gasteiger partial charge < -0.3 is 14.1 Å². The van der Waals surface area contributed by atoms with Gasteiger partial charge in [0.2, 0.25) is 0 Å². The van der Waals surface area contributed by atoms with Crippen molar-refractivity contribution in [1.82, 2.24) is 4.90 Å². The van der Waals surface area contributed by atoms with Gasteiger partial charge in [0, 0.05) is 25.1 Å². The van der Waals surface area contributed by atoms with Gasteiger partial charge in [-0.05, 0) is 25.0 Å². The summed E-state index contributed by atoms with van der Waals surface area (Å²) in [5.74, 6) is 0.449. The van der Waals surface area contributed by atoms with Crippen LogP contribution in [0.25, 0.3) is 0 Å². The average Bonchev–Trinajstić information content (AvgIpc) is 3.01. The summed E-state index contributed by atoms with van der Waals surface area (Å²) in [6.45, 7) is 3.27. The van der Waals surface area contributed by atoms with Crippen LogP contribution in [0.3, 0.4) is 0 Å². The summed E-state index contributed by atoms with van der Waals surface area (Å²) in [7, 11) is 0. The van der Waals surface area contributed by atoms with Crippen LogP contribution in [-0.4, -0.2) is 37.1 Å². The first-order chi connectivity index (χ1) is 7.79. The van der Waals surface area contributed by atoms with Gasteiger partial charge in [0.25, 0.3) is 5.91 Å². The first-order valence-corrected chi connectivity index (χ1v) is 5.70. The van der Waals surface area contributed by atoms with Crippen molar-refractivity contribution < 1.29 is 13.9 Å². The van der Waals surface area contributed by atoms with E-state index in [1.807, 2.05) is 4.90 Å². The number of carbonyl (C=O) groups excluding carboxylic acids is 1. The molecule has 0 saturated carbocycles. The standard InChI is InChI=1S/C12H15NO3/c14-11(10-2-1-6-16-10)13-5-3-12(8-13)4-7-15-9-12/h1-2,6H,3-5,7-9H2/t12-/m0/s1. The van der Waals surface area contributed by atoms with E-state index in [1.54, 1.807) is 12.1 Å². The number of nitrogens with zero attached hydrogens (tertiary/aromatic N) is 1. The molecule has 1 aromatic rings. The maximum Gasteiger partial charge on any atom is 0.289 e. The minimum absolute atomic E-state index is 0.00813. The van der Waals surface area contributed by atoms with Crippen LogP contribution in [0.4, 0.5) is 0 Å². The Hall–Kier alpha value is -1.29. The van der Waals surface area contributed by atoms with Crippen molar-refractivity contribution in [2.75, 3.05) is 26.3 Å². The van der Waals surface area contributed by atoms with E-state index < -0.39 is 0 Å². The van der Waals surface area contributed by atoms with Crippen LogP contribution in [0.5, 0.6) is 0 Å². The molecule has 86 valence electrons. The molecule has 1 spiro atoms. The van der Waals surface area contributed by atoms with Crippen LogP contribution in [0.15, 0.2) is 22.8 Å². The van der Waals surface area contributed by atoms with Gasteiger partial charge in [0.1, 0.15) is 0 Å². The predicted octanol–water partition coefficient (Wildman–Crippen LogP) is 1.53. The number of amides is 1. The van der Waals surface area contributed by atoms with Gasteiger partial charge in [-0.15, -0.1) is 0 Å². The molecule has 1 atom stereocenters. The topological polar surface area (TPSA) is 42.7 Å². The molecule has 3 heterocycles. The highest BCUT2D eigenvalue weighted by atomic mass is 16.5. The fraction of sp³-hybridized carbons (Fsp3) is 0.583. The Morgan fingerprint density at radius 1 is 1.44 bits per heavy atom. The third kappa shape index (κ3) is 1.53. The second kappa shape index (κ2) is 3.63. The monoisotopic (exact) mass is 221 g/mol. The van der Waals surface area contributed by atoms with Crippen LogP contribution in [-0.2, 0) is 4.74 Å². The summed E-state index contributed by atoms with van der Waals surface area (Å²) in [6, 6.07) is 3.47. The molecule has 1 amide bonds. The lowest BCUT2D eigenvalue weighted by molar-refractivity contribution is 0.0734. The van der Waals surface area contributed by atoms with Crippen molar-refractivity contribution in [2.24, 2.45) is 5.41 Å². The highest BCUT2D eigenvalue weighted by Gasteiger charge is 2.43. The summed E-state index contributed by atoms with van der Waals surface area (Å²) in [5.41, 5.74) is 0.224. The Balaban J connectivity index is 1.72. The highest BCUT2D eigenvalue weighted by Crippen LogP contribution is 2.38. The van der Waals surface area contributed by atoms with E-state index in [-0.39, 0.29) is 11.3 Å². The fourth-order valence-electron chi connectivity index (χ4n) is 2.64. The lowest BCUT2D eigenvalue weighted by atomic mass is 9.87. The molecule has 0 N–H and O–H groups in total. The lowest BCUT2D eigenvalue weighted by Gasteiger charge is -2.21. The second-order valence-corrected chi connectivity index (χ2v) is 4.76. The summed E-state index contributed by atoms with van der Waals surface area (Å²) < 4.78 is 10.6. The van der Waals surface area contributed by atoms with Crippen molar-refractivity contribution in [2.45, 2.75) is 12.8 Å². The van der Waals surface area contributed by atoms with Gasteiger partial charge in [-0.1, -0.05) is 0 Å². The molecule has 2 saturated heterocycles. The number of hydrogen-bond acceptors (Lipinski definition) is 3. The minimum atomic E-state index is 0.00813. The smallest absolute Gasteiger partial charge is 0.289 e. The molecule has 0 aromatic carbocycles. The molecule has 16 heavy (non-hydrogen) atoms. The Morgan fingerprint density at radius 2 is 2.38 bits per heavy atom. The van der Waals surface area contributed by atoms with Crippen LogP contribution in [0, 0.1) is 5.41 Å². The highest BCUT2D eigenvalue weighted by molar-refractivity contribution is 5.91. The molecule has 0 unspecified atom stereocenters. The van der Waals surface area contributed by atoms with Crippen LogP contribution in [0.1, 0.15) is 23.4 Å². The maximum atomic E-state index is 12.0. The van der Waals surface area contributed by atoms with Gasteiger partial charge in [-0.3, -0.25) is 4.79 Å². The molecule has 0 radical (unpaired) electrons. The largest absolute Gasteiger partial charge is 0.459 e. The summed E-state index contributed by atoms with van der Waals surface area (Å²) in [6.07, 6.45) is 3.67. The van der Waals surface area contributed by atoms with E-state index in [2.05, 4.69) is 0 Å². The minimum Gasteiger partial charge on any atom is -0.459 e. The number of ether oxygens (including phenoxy) is 1. The van der Waals surface area contributed by atoms with E-state index in [4.69, 9.17) is 9.15 Å². The Labute approximate surface area is 94.2 Å². The van der Waals surface area contributed by atoms with Crippen molar-refractivity contribution in [1.29, 1.82) is 0 Å². The quantitative estimate of drug-likeness (QED) is 0.722. The molecule has 4 nitrogen and oxygen atoms in total. The number of likely N-dealkylation sites (tertiary alicyclic amines) is 1. The first-order valence-electron chi connectivity index (χ1n) is 5.70. The lowest BCUT2D eigenvalue weighted by Crippen LogP contribution is -2.32. The Bertz CT molecular complexity index is 379. The molecular weight excluding hydrogens is 206 g/mol. The molecule has 0 bridgehead atoms. The van der Waals surface area contributed by atoms with Gasteiger partial charge in [-0.25, -0.2) is 0 Å². The van der Waals surface area contributed by atoms with Gasteiger partial charge in [-0.2, -0.15) is 0 Å². The SMILES string of the molecule is O=C(c1ccco1)N1CC[C@]2(CCOC2)C1. The summed E-state index contributed by atoms with van der Waals surface area (Å²) >= 11 is 0. The first kappa shape index (κ1) is 9.90. The fourth-order valence-corrected chi connectivity index (χ4v) is 2.64. The molecule has 0 aliphatic carbocycles. The average molecular weight is 221 g/mol. The van der Waals surface area contributed by atoms with Crippen molar-refractivity contribution in [3.05, 3.63) is 24.2 Å². The molecular formula is C12H15NO3. The molecule has 3 rings (SSSR count). The van der Waals surface area contributed by atoms with Crippen molar-refractivity contribution in [3.63, 3.8) is 0 Å². The number of rotatable bonds is 1. The van der Waals surface area contributed by atoms with Crippen LogP contribution in [0.2, 0.25) is 0 Å². The third-order valence-electron chi connectivity index (χ3n) is 3.64. The second-order valence-electron chi connectivity index (χ2n) is 4.76. The van der Waals surface area contributed by atoms with E-state index in [0.29, 0.717) is 5.76 Å². The van der Waals surface area contributed by atoms with E-state index in [0.717, 1.165) is 39.1 Å². The van der Waals surface area contributed by atoms with Crippen LogP contribution < -0.4 is 0 Å². The van der Waals surface area contributed by atoms with E-state index in [9.17, 15) is 4.79 Å². The van der Waals surface area contributed by atoms with Crippen molar-refractivity contribution in [3.8, 4) is 0 Å².